The molecule has 0 bridgehead atoms. The van der Waals surface area contributed by atoms with Crippen LogP contribution >= 0.6 is 11.6 Å². The van der Waals surface area contributed by atoms with E-state index in [2.05, 4.69) is 15.3 Å². The molecule has 0 spiro atoms. The molecule has 9 heteroatoms. The maximum absolute atomic E-state index is 13.8. The number of nitrogens with one attached hydrogen (secondary N) is 2. The molecule has 1 aromatic heterocycles. The van der Waals surface area contributed by atoms with Gasteiger partial charge in [-0.05, 0) is 42.3 Å². The third kappa shape index (κ3) is 4.96. The third-order valence-corrected chi connectivity index (χ3v) is 5.95. The summed E-state index contributed by atoms with van der Waals surface area (Å²) in [6.45, 7) is 0. The Labute approximate surface area is 186 Å². The van der Waals surface area contributed by atoms with Crippen LogP contribution in [0.2, 0.25) is 5.02 Å². The Kier molecular flexibility index (Phi) is 6.24. The number of fused-ring (bicyclic) bond motifs is 1. The lowest BCUT2D eigenvalue weighted by Gasteiger charge is -2.13. The average molecular weight is 466 g/mol. The predicted octanol–water partition coefficient (Wildman–Crippen LogP) is 7.02. The number of hydrogen-bond donors (Lipinski definition) is 2. The van der Waals surface area contributed by atoms with E-state index in [4.69, 9.17) is 11.6 Å². The molecule has 0 unspecified atom stereocenters. The number of aliphatic imine (C=N–C) groups is 1. The van der Waals surface area contributed by atoms with E-state index in [1.54, 1.807) is 0 Å². The van der Waals surface area contributed by atoms with Crippen LogP contribution in [0.3, 0.4) is 0 Å². The van der Waals surface area contributed by atoms with Crippen LogP contribution in [0.4, 0.5) is 23.4 Å². The van der Waals surface area contributed by atoms with Gasteiger partial charge in [-0.2, -0.15) is 13.2 Å². The number of alkyl halides is 3. The zero-order chi connectivity index (χ0) is 22.9. The monoisotopic (exact) mass is 465 g/mol. The van der Waals surface area contributed by atoms with Crippen molar-refractivity contribution in [3.63, 3.8) is 0 Å². The zero-order valence-electron chi connectivity index (χ0n) is 16.9. The molecule has 1 amide bonds. The van der Waals surface area contributed by atoms with Crippen molar-refractivity contribution in [1.82, 2.24) is 10.3 Å². The second kappa shape index (κ2) is 8.94. The van der Waals surface area contributed by atoms with Gasteiger partial charge in [-0.15, -0.1) is 0 Å². The smallest absolute Gasteiger partial charge is 0.345 e. The van der Waals surface area contributed by atoms with Crippen molar-refractivity contribution in [1.29, 1.82) is 0 Å². The van der Waals surface area contributed by atoms with Crippen molar-refractivity contribution in [2.75, 3.05) is 0 Å². The fourth-order valence-corrected chi connectivity index (χ4v) is 4.10. The summed E-state index contributed by atoms with van der Waals surface area (Å²) in [5.74, 6) is -0.170. The molecule has 2 aromatic carbocycles. The molecule has 1 aliphatic rings. The second-order valence-electron chi connectivity index (χ2n) is 7.93. The Balaban J connectivity index is 1.65. The Morgan fingerprint density at radius 2 is 1.91 bits per heavy atom. The molecule has 0 saturated heterocycles. The van der Waals surface area contributed by atoms with Crippen LogP contribution in [-0.4, -0.2) is 16.7 Å². The van der Waals surface area contributed by atoms with Crippen LogP contribution in [0, 0.1) is 11.7 Å². The van der Waals surface area contributed by atoms with E-state index in [0.29, 0.717) is 34.8 Å². The van der Waals surface area contributed by atoms with Crippen LogP contribution in [-0.2, 0) is 6.18 Å². The van der Waals surface area contributed by atoms with Crippen LogP contribution in [0.1, 0.15) is 48.0 Å². The lowest BCUT2D eigenvalue weighted by molar-refractivity contribution is -0.137. The summed E-state index contributed by atoms with van der Waals surface area (Å²) in [5.41, 5.74) is -0.652. The normalized spacial score (nSPS) is 15.5. The maximum atomic E-state index is 13.8. The van der Waals surface area contributed by atoms with Crippen LogP contribution < -0.4 is 5.32 Å². The minimum atomic E-state index is -4.44. The summed E-state index contributed by atoms with van der Waals surface area (Å²) in [4.78, 5) is 20.1. The lowest BCUT2D eigenvalue weighted by atomic mass is 10.0. The van der Waals surface area contributed by atoms with Crippen LogP contribution in [0.5, 0.6) is 0 Å². The second-order valence-corrected chi connectivity index (χ2v) is 8.34. The van der Waals surface area contributed by atoms with Gasteiger partial charge in [-0.3, -0.25) is 4.79 Å². The molecule has 168 valence electrons. The molecule has 3 aromatic rings. The van der Waals surface area contributed by atoms with Crippen LogP contribution in [0.25, 0.3) is 10.8 Å². The van der Waals surface area contributed by atoms with E-state index in [1.165, 1.54) is 24.4 Å². The Hall–Kier alpha value is -2.87. The summed E-state index contributed by atoms with van der Waals surface area (Å²) in [5, 5.41) is 3.53. The number of amides is 1. The van der Waals surface area contributed by atoms with Crippen molar-refractivity contribution >= 4 is 39.9 Å². The molecular weight excluding hydrogens is 446 g/mol. The van der Waals surface area contributed by atoms with Gasteiger partial charge >= 0.3 is 6.18 Å². The number of carbonyl (C=O) groups excluding carboxylic acids is 1. The molecule has 1 aliphatic carbocycles. The first-order valence-corrected chi connectivity index (χ1v) is 10.6. The number of amidine groups is 1. The van der Waals surface area contributed by atoms with Crippen LogP contribution in [0.15, 0.2) is 47.6 Å². The average Bonchev–Trinajstić information content (AvgIpc) is 3.39. The first-order valence-electron chi connectivity index (χ1n) is 10.2. The SMILES string of the molecule is O=C(NC(CC1CCCC1)=Nc1[nH]cc2cc(C(F)(F)F)ccc12)c1ccc(Cl)c(F)c1. The van der Waals surface area contributed by atoms with Gasteiger partial charge in [0.1, 0.15) is 17.5 Å². The quantitative estimate of drug-likeness (QED) is 0.243. The number of carbonyl (C=O) groups is 1. The van der Waals surface area contributed by atoms with Gasteiger partial charge in [-0.25, -0.2) is 9.38 Å². The first kappa shape index (κ1) is 22.3. The summed E-state index contributed by atoms with van der Waals surface area (Å²) in [6, 6.07) is 7.18. The van der Waals surface area contributed by atoms with Gasteiger partial charge in [0.2, 0.25) is 0 Å². The van der Waals surface area contributed by atoms with Crippen molar-refractivity contribution in [2.45, 2.75) is 38.3 Å². The number of benzene rings is 2. The van der Waals surface area contributed by atoms with Gasteiger partial charge < -0.3 is 10.3 Å². The zero-order valence-corrected chi connectivity index (χ0v) is 17.7. The molecule has 2 N–H and O–H groups in total. The van der Waals surface area contributed by atoms with E-state index in [9.17, 15) is 22.4 Å². The molecule has 4 rings (SSSR count). The Morgan fingerprint density at radius 3 is 2.59 bits per heavy atom. The largest absolute Gasteiger partial charge is 0.416 e. The fraction of sp³-hybridized carbons (Fsp3) is 0.304. The highest BCUT2D eigenvalue weighted by Crippen LogP contribution is 2.34. The van der Waals surface area contributed by atoms with E-state index >= 15 is 0 Å². The summed E-state index contributed by atoms with van der Waals surface area (Å²) < 4.78 is 52.8. The lowest BCUT2D eigenvalue weighted by Crippen LogP contribution is -2.31. The molecular formula is C23H20ClF4N3O. The van der Waals surface area contributed by atoms with Gasteiger partial charge in [0, 0.05) is 29.0 Å². The van der Waals surface area contributed by atoms with Gasteiger partial charge in [0.15, 0.2) is 0 Å². The van der Waals surface area contributed by atoms with Gasteiger partial charge in [0.05, 0.1) is 10.6 Å². The molecule has 32 heavy (non-hydrogen) atoms. The molecule has 1 fully saturated rings. The van der Waals surface area contributed by atoms with Gasteiger partial charge in [-0.1, -0.05) is 37.3 Å². The standard InChI is InChI=1S/C23H20ClF4N3O/c24-18-8-5-14(11-19(18)25)22(32)31-20(9-13-3-1-2-4-13)30-21-17-7-6-16(23(26,27)28)10-15(17)12-29-21/h5-8,10-13,29H,1-4,9H2,(H,30,31,32). The fourth-order valence-electron chi connectivity index (χ4n) is 3.98. The minimum absolute atomic E-state index is 0.0857. The highest BCUT2D eigenvalue weighted by molar-refractivity contribution is 6.30. The van der Waals surface area contributed by atoms with Gasteiger partial charge in [0.25, 0.3) is 5.91 Å². The van der Waals surface area contributed by atoms with Crippen molar-refractivity contribution < 1.29 is 22.4 Å². The number of hydrogen-bond acceptors (Lipinski definition) is 2. The van der Waals surface area contributed by atoms with Crippen molar-refractivity contribution in [3.8, 4) is 0 Å². The molecule has 1 heterocycles. The highest BCUT2D eigenvalue weighted by Gasteiger charge is 2.30. The van der Waals surface area contributed by atoms with E-state index in [1.807, 2.05) is 0 Å². The molecule has 1 saturated carbocycles. The first-order chi connectivity index (χ1) is 15.2. The molecule has 0 radical (unpaired) electrons. The number of aromatic nitrogens is 1. The van der Waals surface area contributed by atoms with E-state index in [0.717, 1.165) is 43.9 Å². The topological polar surface area (TPSA) is 57.2 Å². The number of aromatic amines is 1. The predicted molar refractivity (Wildman–Crippen MR) is 116 cm³/mol. The third-order valence-electron chi connectivity index (χ3n) is 5.64. The van der Waals surface area contributed by atoms with E-state index < -0.39 is 23.5 Å². The molecule has 0 atom stereocenters. The molecule has 4 nitrogen and oxygen atoms in total. The Morgan fingerprint density at radius 1 is 1.16 bits per heavy atom. The minimum Gasteiger partial charge on any atom is -0.345 e. The van der Waals surface area contributed by atoms with Crippen molar-refractivity contribution in [3.05, 3.63) is 64.6 Å². The highest BCUT2D eigenvalue weighted by atomic mass is 35.5. The number of H-pyrrole nitrogens is 1. The Bertz CT molecular complexity index is 1180. The summed E-state index contributed by atoms with van der Waals surface area (Å²) in [6.07, 6.45) is 1.72. The number of nitrogens with zero attached hydrogens (tertiary/aromatic N) is 1. The number of rotatable bonds is 4. The summed E-state index contributed by atoms with van der Waals surface area (Å²) in [7, 11) is 0. The number of halogens is 5. The maximum Gasteiger partial charge on any atom is 0.416 e. The van der Waals surface area contributed by atoms with Crippen molar-refractivity contribution in [2.24, 2.45) is 10.9 Å². The van der Waals surface area contributed by atoms with E-state index in [-0.39, 0.29) is 10.6 Å². The summed E-state index contributed by atoms with van der Waals surface area (Å²) >= 11 is 5.69. The molecule has 0 aliphatic heterocycles.